The maximum atomic E-state index is 10.0. The number of H-pyrrole nitrogens is 1. The Morgan fingerprint density at radius 3 is 2.55 bits per heavy atom. The van der Waals surface area contributed by atoms with Gasteiger partial charge in [-0.2, -0.15) is 0 Å². The van der Waals surface area contributed by atoms with E-state index < -0.39 is 24.9 Å². The smallest absolute Gasteiger partial charge is 0.128 e. The number of aliphatic hydroxyl groups is 3. The Kier molecular flexibility index (Phi) is 5.25. The van der Waals surface area contributed by atoms with Gasteiger partial charge in [-0.05, 0) is 5.56 Å². The van der Waals surface area contributed by atoms with Crippen LogP contribution in [0.4, 0.5) is 0 Å². The lowest BCUT2D eigenvalue weighted by Gasteiger charge is -2.25. The fraction of sp³-hybridized carbons (Fsp3) is 0.357. The molecular formula is C14H18N2O4. The SMILES string of the molecule is OC[C@H](O)[C@@H](O)[C@H](OCc1ccccc1)c1cnc[nH]1. The molecule has 0 bridgehead atoms. The van der Waals surface area contributed by atoms with Gasteiger partial charge in [0.2, 0.25) is 0 Å². The topological polar surface area (TPSA) is 98.6 Å². The lowest BCUT2D eigenvalue weighted by molar-refractivity contribution is -0.110. The van der Waals surface area contributed by atoms with E-state index in [1.54, 1.807) is 0 Å². The van der Waals surface area contributed by atoms with Crippen LogP contribution in [0.2, 0.25) is 0 Å². The van der Waals surface area contributed by atoms with Crippen molar-refractivity contribution in [3.05, 3.63) is 54.1 Å². The van der Waals surface area contributed by atoms with E-state index in [0.29, 0.717) is 5.69 Å². The summed E-state index contributed by atoms with van der Waals surface area (Å²) in [5.74, 6) is 0. The van der Waals surface area contributed by atoms with E-state index in [9.17, 15) is 10.2 Å². The van der Waals surface area contributed by atoms with Gasteiger partial charge in [-0.1, -0.05) is 30.3 Å². The van der Waals surface area contributed by atoms with Crippen molar-refractivity contribution in [2.24, 2.45) is 0 Å². The number of nitrogens with one attached hydrogen (secondary N) is 1. The van der Waals surface area contributed by atoms with Gasteiger partial charge in [-0.15, -0.1) is 0 Å². The molecule has 0 amide bonds. The van der Waals surface area contributed by atoms with Crippen molar-refractivity contribution in [3.8, 4) is 0 Å². The quantitative estimate of drug-likeness (QED) is 0.587. The van der Waals surface area contributed by atoms with E-state index in [4.69, 9.17) is 9.84 Å². The summed E-state index contributed by atoms with van der Waals surface area (Å²) in [5, 5.41) is 28.6. The van der Waals surface area contributed by atoms with Crippen LogP contribution < -0.4 is 0 Å². The third-order valence-corrected chi connectivity index (χ3v) is 2.99. The summed E-state index contributed by atoms with van der Waals surface area (Å²) < 4.78 is 5.66. The summed E-state index contributed by atoms with van der Waals surface area (Å²) in [4.78, 5) is 6.72. The molecule has 0 spiro atoms. The molecule has 0 radical (unpaired) electrons. The van der Waals surface area contributed by atoms with E-state index in [-0.39, 0.29) is 6.61 Å². The predicted octanol–water partition coefficient (Wildman–Crippen LogP) is 0.382. The molecule has 0 fully saturated rings. The van der Waals surface area contributed by atoms with Crippen LogP contribution in [0.25, 0.3) is 0 Å². The first-order chi connectivity index (χ1) is 9.72. The molecule has 0 aliphatic rings. The summed E-state index contributed by atoms with van der Waals surface area (Å²) in [6, 6.07) is 9.49. The van der Waals surface area contributed by atoms with Crippen molar-refractivity contribution < 1.29 is 20.1 Å². The van der Waals surface area contributed by atoms with E-state index in [1.165, 1.54) is 12.5 Å². The number of aliphatic hydroxyl groups excluding tert-OH is 3. The molecule has 0 saturated heterocycles. The molecule has 1 aromatic carbocycles. The minimum atomic E-state index is -1.28. The molecule has 0 aliphatic heterocycles. The van der Waals surface area contributed by atoms with Crippen LogP contribution in [0, 0.1) is 0 Å². The maximum Gasteiger partial charge on any atom is 0.128 e. The van der Waals surface area contributed by atoms with Crippen LogP contribution in [0.1, 0.15) is 17.4 Å². The first-order valence-corrected chi connectivity index (χ1v) is 6.33. The minimum absolute atomic E-state index is 0.278. The summed E-state index contributed by atoms with van der Waals surface area (Å²) >= 11 is 0. The molecule has 3 atom stereocenters. The average molecular weight is 278 g/mol. The molecule has 6 nitrogen and oxygen atoms in total. The number of aromatic nitrogens is 2. The third kappa shape index (κ3) is 3.64. The number of imidazole rings is 1. The second-order valence-corrected chi connectivity index (χ2v) is 4.46. The summed E-state index contributed by atoms with van der Waals surface area (Å²) in [6.45, 7) is -0.264. The standard InChI is InChI=1S/C14H18N2O4/c17-7-12(18)13(19)14(11-6-15-9-16-11)20-8-10-4-2-1-3-5-10/h1-6,9,12-14,17-19H,7-8H2,(H,15,16)/t12-,13+,14+/m0/s1. The molecule has 6 heteroatoms. The second-order valence-electron chi connectivity index (χ2n) is 4.46. The fourth-order valence-corrected chi connectivity index (χ4v) is 1.86. The van der Waals surface area contributed by atoms with Gasteiger partial charge in [-0.25, -0.2) is 4.98 Å². The Morgan fingerprint density at radius 2 is 1.95 bits per heavy atom. The van der Waals surface area contributed by atoms with Gasteiger partial charge in [0, 0.05) is 0 Å². The van der Waals surface area contributed by atoms with Crippen LogP contribution in [0.5, 0.6) is 0 Å². The largest absolute Gasteiger partial charge is 0.394 e. The van der Waals surface area contributed by atoms with Gasteiger partial charge in [0.1, 0.15) is 18.3 Å². The first-order valence-electron chi connectivity index (χ1n) is 6.33. The Balaban J connectivity index is 2.07. The highest BCUT2D eigenvalue weighted by Gasteiger charge is 2.29. The third-order valence-electron chi connectivity index (χ3n) is 2.99. The van der Waals surface area contributed by atoms with Gasteiger partial charge in [-0.3, -0.25) is 0 Å². The molecule has 4 N–H and O–H groups in total. The van der Waals surface area contributed by atoms with E-state index in [2.05, 4.69) is 9.97 Å². The Morgan fingerprint density at radius 1 is 1.20 bits per heavy atom. The van der Waals surface area contributed by atoms with Crippen molar-refractivity contribution in [2.45, 2.75) is 24.9 Å². The summed E-state index contributed by atoms with van der Waals surface area (Å²) in [5.41, 5.74) is 1.49. The van der Waals surface area contributed by atoms with E-state index in [0.717, 1.165) is 5.56 Å². The number of rotatable bonds is 7. The van der Waals surface area contributed by atoms with Crippen molar-refractivity contribution >= 4 is 0 Å². The molecule has 0 aliphatic carbocycles. The fourth-order valence-electron chi connectivity index (χ4n) is 1.86. The average Bonchev–Trinajstić information content (AvgIpc) is 3.01. The lowest BCUT2D eigenvalue weighted by atomic mass is 10.1. The van der Waals surface area contributed by atoms with Gasteiger partial charge in [0.25, 0.3) is 0 Å². The zero-order valence-corrected chi connectivity index (χ0v) is 10.9. The van der Waals surface area contributed by atoms with Gasteiger partial charge in [0.05, 0.1) is 31.4 Å². The molecule has 20 heavy (non-hydrogen) atoms. The molecule has 1 heterocycles. The molecule has 0 saturated carbocycles. The van der Waals surface area contributed by atoms with Crippen LogP contribution in [-0.4, -0.2) is 44.1 Å². The van der Waals surface area contributed by atoms with Gasteiger partial charge >= 0.3 is 0 Å². The number of benzene rings is 1. The van der Waals surface area contributed by atoms with Crippen molar-refractivity contribution in [2.75, 3.05) is 6.61 Å². The summed E-state index contributed by atoms with van der Waals surface area (Å²) in [6.07, 6.45) is -0.335. The number of ether oxygens (including phenoxy) is 1. The van der Waals surface area contributed by atoms with Gasteiger partial charge < -0.3 is 25.0 Å². The van der Waals surface area contributed by atoms with E-state index in [1.807, 2.05) is 30.3 Å². The Hall–Kier alpha value is -1.73. The number of nitrogens with zero attached hydrogens (tertiary/aromatic N) is 1. The summed E-state index contributed by atoms with van der Waals surface area (Å²) in [7, 11) is 0. The van der Waals surface area contributed by atoms with Crippen molar-refractivity contribution in [3.63, 3.8) is 0 Å². The number of aromatic amines is 1. The number of hydrogen-bond donors (Lipinski definition) is 4. The molecule has 1 aromatic heterocycles. The molecule has 2 aromatic rings. The number of hydrogen-bond acceptors (Lipinski definition) is 5. The normalized spacial score (nSPS) is 15.8. The van der Waals surface area contributed by atoms with Crippen molar-refractivity contribution in [1.29, 1.82) is 0 Å². The minimum Gasteiger partial charge on any atom is -0.394 e. The zero-order chi connectivity index (χ0) is 14.4. The zero-order valence-electron chi connectivity index (χ0n) is 10.9. The molecular weight excluding hydrogens is 260 g/mol. The van der Waals surface area contributed by atoms with E-state index >= 15 is 0 Å². The Labute approximate surface area is 116 Å². The Bertz CT molecular complexity index is 489. The van der Waals surface area contributed by atoms with Gasteiger partial charge in [0.15, 0.2) is 0 Å². The predicted molar refractivity (Wildman–Crippen MR) is 71.7 cm³/mol. The second kappa shape index (κ2) is 7.16. The maximum absolute atomic E-state index is 10.0. The molecule has 0 unspecified atom stereocenters. The highest BCUT2D eigenvalue weighted by Crippen LogP contribution is 2.23. The lowest BCUT2D eigenvalue weighted by Crippen LogP contribution is -2.36. The molecule has 108 valence electrons. The van der Waals surface area contributed by atoms with Crippen LogP contribution in [-0.2, 0) is 11.3 Å². The highest BCUT2D eigenvalue weighted by molar-refractivity contribution is 5.14. The van der Waals surface area contributed by atoms with Crippen molar-refractivity contribution in [1.82, 2.24) is 9.97 Å². The monoisotopic (exact) mass is 278 g/mol. The highest BCUT2D eigenvalue weighted by atomic mass is 16.5. The first kappa shape index (κ1) is 14.7. The van der Waals surface area contributed by atoms with Crippen LogP contribution >= 0.6 is 0 Å². The molecule has 2 rings (SSSR count). The van der Waals surface area contributed by atoms with Crippen LogP contribution in [0.15, 0.2) is 42.9 Å². The van der Waals surface area contributed by atoms with Crippen LogP contribution in [0.3, 0.4) is 0 Å².